The average molecular weight is 234 g/mol. The molecule has 3 aromatic rings. The fourth-order valence-electron chi connectivity index (χ4n) is 1.55. The largest absolute Gasteiger partial charge is 0.297 e. The summed E-state index contributed by atoms with van der Waals surface area (Å²) in [5.41, 5.74) is 1.09. The van der Waals surface area contributed by atoms with Gasteiger partial charge in [-0.1, -0.05) is 6.92 Å². The van der Waals surface area contributed by atoms with Crippen LogP contribution in [0.2, 0.25) is 0 Å². The van der Waals surface area contributed by atoms with Crippen molar-refractivity contribution >= 4 is 27.6 Å². The highest BCUT2D eigenvalue weighted by atomic mass is 32.1. The quantitative estimate of drug-likeness (QED) is 0.661. The summed E-state index contributed by atoms with van der Waals surface area (Å²) in [7, 11) is 0. The Bertz CT molecular complexity index is 560. The molecule has 2 nitrogen and oxygen atoms in total. The van der Waals surface area contributed by atoms with E-state index in [9.17, 15) is 0 Å². The van der Waals surface area contributed by atoms with Crippen LogP contribution in [-0.4, -0.2) is 9.38 Å². The molecule has 0 aliphatic heterocycles. The van der Waals surface area contributed by atoms with Gasteiger partial charge in [0.25, 0.3) is 0 Å². The zero-order valence-electron chi connectivity index (χ0n) is 8.30. The molecule has 3 heterocycles. The van der Waals surface area contributed by atoms with Crippen LogP contribution >= 0.6 is 22.7 Å². The third kappa shape index (κ3) is 1.50. The van der Waals surface area contributed by atoms with Crippen molar-refractivity contribution in [3.8, 4) is 10.6 Å². The second-order valence-corrected chi connectivity index (χ2v) is 5.38. The van der Waals surface area contributed by atoms with Gasteiger partial charge in [-0.2, -0.15) is 0 Å². The predicted molar refractivity (Wildman–Crippen MR) is 65.8 cm³/mol. The predicted octanol–water partition coefficient (Wildman–Crippen LogP) is 3.69. The molecule has 0 spiro atoms. The molecule has 0 radical (unpaired) electrons. The first-order valence-corrected chi connectivity index (χ1v) is 6.57. The number of hydrogen-bond donors (Lipinski definition) is 0. The minimum Gasteiger partial charge on any atom is -0.297 e. The van der Waals surface area contributed by atoms with Gasteiger partial charge in [-0.05, 0) is 18.6 Å². The van der Waals surface area contributed by atoms with Crippen molar-refractivity contribution in [2.45, 2.75) is 13.3 Å². The van der Waals surface area contributed by atoms with Crippen LogP contribution in [0.3, 0.4) is 0 Å². The summed E-state index contributed by atoms with van der Waals surface area (Å²) in [6.45, 7) is 2.18. The Labute approximate surface area is 95.8 Å². The number of aryl methyl sites for hydroxylation is 1. The zero-order valence-corrected chi connectivity index (χ0v) is 9.94. The van der Waals surface area contributed by atoms with Gasteiger partial charge in [0.05, 0.1) is 4.88 Å². The summed E-state index contributed by atoms with van der Waals surface area (Å²) in [6, 6.07) is 4.35. The number of rotatable bonds is 2. The minimum atomic E-state index is 1.07. The smallest absolute Gasteiger partial charge is 0.194 e. The van der Waals surface area contributed by atoms with Crippen LogP contribution in [0.15, 0.2) is 29.9 Å². The Hall–Kier alpha value is -1.13. The Morgan fingerprint density at radius 2 is 2.33 bits per heavy atom. The highest BCUT2D eigenvalue weighted by molar-refractivity contribution is 7.16. The van der Waals surface area contributed by atoms with Crippen LogP contribution in [-0.2, 0) is 6.42 Å². The number of thiazole rings is 1. The molecule has 15 heavy (non-hydrogen) atoms. The highest BCUT2D eigenvalue weighted by Gasteiger charge is 2.07. The Kier molecular flexibility index (Phi) is 2.11. The summed E-state index contributed by atoms with van der Waals surface area (Å²) in [4.78, 5) is 8.33. The number of hydrogen-bond acceptors (Lipinski definition) is 3. The number of aromatic nitrogens is 2. The van der Waals surface area contributed by atoms with Crippen LogP contribution in [0.1, 0.15) is 11.8 Å². The zero-order chi connectivity index (χ0) is 10.3. The summed E-state index contributed by atoms with van der Waals surface area (Å²) < 4.78 is 2.07. The molecule has 0 N–H and O–H groups in total. The number of thiophene rings is 1. The molecule has 3 rings (SSSR count). The van der Waals surface area contributed by atoms with E-state index in [0.717, 1.165) is 17.1 Å². The van der Waals surface area contributed by atoms with Crippen molar-refractivity contribution < 1.29 is 0 Å². The van der Waals surface area contributed by atoms with Crippen molar-refractivity contribution in [3.63, 3.8) is 0 Å². The molecule has 4 heteroatoms. The SMILES string of the molecule is CCc1ccc(-c2cn3ccsc3n2)s1. The summed E-state index contributed by atoms with van der Waals surface area (Å²) in [5, 5.41) is 2.05. The van der Waals surface area contributed by atoms with Gasteiger partial charge in [0.15, 0.2) is 4.96 Å². The Morgan fingerprint density at radius 3 is 3.07 bits per heavy atom. The molecular weight excluding hydrogens is 224 g/mol. The third-order valence-electron chi connectivity index (χ3n) is 2.36. The van der Waals surface area contributed by atoms with Gasteiger partial charge >= 0.3 is 0 Å². The number of nitrogens with zero attached hydrogens (tertiary/aromatic N) is 2. The van der Waals surface area contributed by atoms with Crippen LogP contribution in [0, 0.1) is 0 Å². The molecule has 0 aliphatic rings. The first-order valence-electron chi connectivity index (χ1n) is 4.88. The van der Waals surface area contributed by atoms with Gasteiger partial charge in [0, 0.05) is 22.7 Å². The van der Waals surface area contributed by atoms with Crippen molar-refractivity contribution in [1.29, 1.82) is 0 Å². The second kappa shape index (κ2) is 3.47. The molecule has 0 fully saturated rings. The third-order valence-corrected chi connectivity index (χ3v) is 4.38. The Balaban J connectivity index is 2.09. The number of fused-ring (bicyclic) bond motifs is 1. The second-order valence-electron chi connectivity index (χ2n) is 3.34. The van der Waals surface area contributed by atoms with E-state index in [0.29, 0.717) is 0 Å². The van der Waals surface area contributed by atoms with Gasteiger partial charge < -0.3 is 0 Å². The van der Waals surface area contributed by atoms with E-state index < -0.39 is 0 Å². The van der Waals surface area contributed by atoms with Gasteiger partial charge in [0.2, 0.25) is 0 Å². The van der Waals surface area contributed by atoms with Gasteiger partial charge in [-0.25, -0.2) is 4.98 Å². The van der Waals surface area contributed by atoms with E-state index in [1.54, 1.807) is 11.3 Å². The van der Waals surface area contributed by atoms with Crippen LogP contribution in [0.4, 0.5) is 0 Å². The highest BCUT2D eigenvalue weighted by Crippen LogP contribution is 2.28. The summed E-state index contributed by atoms with van der Waals surface area (Å²) in [5.74, 6) is 0. The fourth-order valence-corrected chi connectivity index (χ4v) is 3.15. The molecule has 0 aliphatic carbocycles. The topological polar surface area (TPSA) is 17.3 Å². The molecular formula is C11H10N2S2. The molecule has 0 amide bonds. The molecule has 0 aromatic carbocycles. The summed E-state index contributed by atoms with van der Waals surface area (Å²) >= 11 is 3.51. The molecule has 0 bridgehead atoms. The Morgan fingerprint density at radius 1 is 1.40 bits per heavy atom. The lowest BCUT2D eigenvalue weighted by Crippen LogP contribution is -1.68. The van der Waals surface area contributed by atoms with Crippen molar-refractivity contribution in [3.05, 3.63) is 34.8 Å². The van der Waals surface area contributed by atoms with E-state index in [4.69, 9.17) is 0 Å². The molecule has 0 unspecified atom stereocenters. The van der Waals surface area contributed by atoms with Gasteiger partial charge in [-0.3, -0.25) is 4.40 Å². The monoisotopic (exact) mass is 234 g/mol. The first-order chi connectivity index (χ1) is 7.36. The van der Waals surface area contributed by atoms with Crippen LogP contribution in [0.5, 0.6) is 0 Å². The normalized spacial score (nSPS) is 11.3. The minimum absolute atomic E-state index is 1.07. The molecule has 76 valence electrons. The van der Waals surface area contributed by atoms with E-state index in [1.165, 1.54) is 9.75 Å². The maximum absolute atomic E-state index is 4.58. The van der Waals surface area contributed by atoms with Crippen molar-refractivity contribution in [2.24, 2.45) is 0 Å². The van der Waals surface area contributed by atoms with Gasteiger partial charge in [-0.15, -0.1) is 22.7 Å². The van der Waals surface area contributed by atoms with Gasteiger partial charge in [0.1, 0.15) is 5.69 Å². The van der Waals surface area contributed by atoms with Crippen LogP contribution < -0.4 is 0 Å². The fraction of sp³-hybridized carbons (Fsp3) is 0.182. The first kappa shape index (κ1) is 9.12. The lowest BCUT2D eigenvalue weighted by molar-refractivity contribution is 1.19. The van der Waals surface area contributed by atoms with E-state index >= 15 is 0 Å². The molecule has 0 saturated heterocycles. The molecule has 0 saturated carbocycles. The van der Waals surface area contributed by atoms with Crippen molar-refractivity contribution in [1.82, 2.24) is 9.38 Å². The average Bonchev–Trinajstić information content (AvgIpc) is 2.91. The van der Waals surface area contributed by atoms with E-state index in [2.05, 4.69) is 40.0 Å². The van der Waals surface area contributed by atoms with E-state index in [1.807, 2.05) is 17.5 Å². The summed E-state index contributed by atoms with van der Waals surface area (Å²) in [6.07, 6.45) is 5.24. The standard InChI is InChI=1S/C11H10N2S2/c1-2-8-3-4-10(15-8)9-7-13-5-6-14-11(13)12-9/h3-7H,2H2,1H3. The molecule has 3 aromatic heterocycles. The van der Waals surface area contributed by atoms with Crippen molar-refractivity contribution in [2.75, 3.05) is 0 Å². The maximum atomic E-state index is 4.58. The van der Waals surface area contributed by atoms with Crippen LogP contribution in [0.25, 0.3) is 15.5 Å². The lowest BCUT2D eigenvalue weighted by Gasteiger charge is -1.87. The van der Waals surface area contributed by atoms with E-state index in [-0.39, 0.29) is 0 Å². The lowest BCUT2D eigenvalue weighted by atomic mass is 10.3. The number of imidazole rings is 1. The molecule has 0 atom stereocenters. The maximum Gasteiger partial charge on any atom is 0.194 e.